The molecule has 1 nitrogen and oxygen atoms in total. The summed E-state index contributed by atoms with van der Waals surface area (Å²) < 4.78 is 53.4. The molecule has 0 aliphatic carbocycles. The van der Waals surface area contributed by atoms with E-state index in [9.17, 15) is 17.6 Å². The Morgan fingerprint density at radius 1 is 0.792 bits per heavy atom. The van der Waals surface area contributed by atoms with Crippen molar-refractivity contribution >= 4 is 9.19 Å². The van der Waals surface area contributed by atoms with Gasteiger partial charge in [-0.1, -0.05) is 41.5 Å². The molecular formula is C17H7AuClF4N-2. The van der Waals surface area contributed by atoms with E-state index >= 15 is 0 Å². The van der Waals surface area contributed by atoms with Crippen LogP contribution >= 0.6 is 9.19 Å². The van der Waals surface area contributed by atoms with Gasteiger partial charge in [0, 0.05) is 23.3 Å². The standard InChI is InChI=1S/C17H7F4N.Au.ClH/c18-10-4-6-12(14(20)8-10)16-2-1-3-17(22-16)13-7-5-11(19)9-15(13)21;;/h1-5,8-9H;;1H/q-2;+1;/p-1. The molecule has 0 amide bonds. The molecule has 3 rings (SSSR count). The number of nitrogens with zero attached hydrogens (tertiary/aromatic N) is 1. The molecule has 0 aliphatic rings. The molecule has 7 heteroatoms. The predicted octanol–water partition coefficient (Wildman–Crippen LogP) is 5.26. The van der Waals surface area contributed by atoms with Gasteiger partial charge >= 0.3 is 29.2 Å². The minimum atomic E-state index is -0.826. The van der Waals surface area contributed by atoms with E-state index < -0.39 is 23.3 Å². The van der Waals surface area contributed by atoms with E-state index in [1.807, 2.05) is 0 Å². The molecule has 0 atom stereocenters. The molecule has 1 heterocycles. The van der Waals surface area contributed by atoms with Crippen LogP contribution in [-0.2, 0) is 20.0 Å². The van der Waals surface area contributed by atoms with E-state index in [0.717, 1.165) is 12.1 Å². The molecule has 0 N–H and O–H groups in total. The van der Waals surface area contributed by atoms with Crippen molar-refractivity contribution in [2.75, 3.05) is 0 Å². The summed E-state index contributed by atoms with van der Waals surface area (Å²) in [5.41, 5.74) is 0.246. The van der Waals surface area contributed by atoms with Gasteiger partial charge in [-0.15, -0.1) is 24.3 Å². The molecule has 0 saturated carbocycles. The summed E-state index contributed by atoms with van der Waals surface area (Å²) in [5, 5.41) is 0. The third-order valence-electron chi connectivity index (χ3n) is 2.98. The van der Waals surface area contributed by atoms with E-state index in [0.29, 0.717) is 12.1 Å². The first kappa shape index (κ1) is 18.7. The summed E-state index contributed by atoms with van der Waals surface area (Å²) >= 11 is 1.75. The summed E-state index contributed by atoms with van der Waals surface area (Å²) in [6.45, 7) is 0. The van der Waals surface area contributed by atoms with Gasteiger partial charge in [-0.2, -0.15) is 0 Å². The number of rotatable bonds is 2. The maximum absolute atomic E-state index is 13.8. The van der Waals surface area contributed by atoms with Gasteiger partial charge in [-0.05, 0) is 11.4 Å². The minimum absolute atomic E-state index is 0.0363. The summed E-state index contributed by atoms with van der Waals surface area (Å²) in [5.74, 6) is -3.16. The van der Waals surface area contributed by atoms with Gasteiger partial charge in [-0.3, -0.25) is 17.6 Å². The van der Waals surface area contributed by atoms with E-state index in [2.05, 4.69) is 26.3 Å². The molecule has 0 bridgehead atoms. The molecule has 1 aromatic heterocycles. The molecule has 0 fully saturated rings. The van der Waals surface area contributed by atoms with Crippen LogP contribution in [0.1, 0.15) is 0 Å². The van der Waals surface area contributed by atoms with Crippen molar-refractivity contribution in [3.63, 3.8) is 0 Å². The van der Waals surface area contributed by atoms with Crippen molar-refractivity contribution in [1.29, 1.82) is 0 Å². The average Bonchev–Trinajstić information content (AvgIpc) is 2.57. The van der Waals surface area contributed by atoms with Gasteiger partial charge in [0.1, 0.15) is 0 Å². The first-order chi connectivity index (χ1) is 11.5. The van der Waals surface area contributed by atoms with Crippen LogP contribution < -0.4 is 0 Å². The second-order valence-corrected chi connectivity index (χ2v) is 4.49. The summed E-state index contributed by atoms with van der Waals surface area (Å²) in [6, 6.07) is 12.8. The van der Waals surface area contributed by atoms with Crippen LogP contribution in [0.3, 0.4) is 0 Å². The second kappa shape index (κ2) is 8.44. The third-order valence-corrected chi connectivity index (χ3v) is 2.98. The zero-order chi connectivity index (χ0) is 17.7. The quantitative estimate of drug-likeness (QED) is 0.249. The third kappa shape index (κ3) is 4.24. The molecule has 0 spiro atoms. The number of halogens is 5. The Kier molecular flexibility index (Phi) is 6.57. The van der Waals surface area contributed by atoms with E-state index in [4.69, 9.17) is 0 Å². The fraction of sp³-hybridized carbons (Fsp3) is 0. The molecule has 2 aromatic carbocycles. The first-order valence-electron chi connectivity index (χ1n) is 6.37. The van der Waals surface area contributed by atoms with Gasteiger partial charge < -0.3 is 4.98 Å². The average molecular weight is 534 g/mol. The number of hydrogen-bond acceptors (Lipinski definition) is 1. The molecule has 3 aromatic rings. The summed E-state index contributed by atoms with van der Waals surface area (Å²) in [4.78, 5) is 4.11. The predicted molar refractivity (Wildman–Crippen MR) is 78.5 cm³/mol. The van der Waals surface area contributed by atoms with Gasteiger partial charge in [-0.25, -0.2) is 0 Å². The Morgan fingerprint density at radius 3 is 1.58 bits per heavy atom. The first-order valence-corrected chi connectivity index (χ1v) is 9.05. The van der Waals surface area contributed by atoms with Crippen molar-refractivity contribution in [3.8, 4) is 22.5 Å². The zero-order valence-electron chi connectivity index (χ0n) is 11.7. The van der Waals surface area contributed by atoms with Crippen LogP contribution in [0.4, 0.5) is 17.6 Å². The Morgan fingerprint density at radius 2 is 1.21 bits per heavy atom. The Hall–Kier alpha value is -1.66. The summed E-state index contributed by atoms with van der Waals surface area (Å²) in [7, 11) is 4.58. The molecule has 24 heavy (non-hydrogen) atoms. The van der Waals surface area contributed by atoms with Crippen LogP contribution in [0.25, 0.3) is 22.5 Å². The van der Waals surface area contributed by atoms with Crippen molar-refractivity contribution in [2.24, 2.45) is 0 Å². The van der Waals surface area contributed by atoms with Crippen molar-refractivity contribution in [1.82, 2.24) is 4.98 Å². The SMILES string of the molecule is Fc1c[c-]c(-c2cccc(-c3[c-]cc(F)cc3F)n2)c(F)c1.[Cl][Au]. The van der Waals surface area contributed by atoms with Gasteiger partial charge in [0.25, 0.3) is 0 Å². The monoisotopic (exact) mass is 533 g/mol. The van der Waals surface area contributed by atoms with Crippen LogP contribution in [0.5, 0.6) is 0 Å². The molecular weight excluding hydrogens is 527 g/mol. The Labute approximate surface area is 152 Å². The van der Waals surface area contributed by atoms with E-state index in [1.165, 1.54) is 18.2 Å². The van der Waals surface area contributed by atoms with Gasteiger partial charge in [0.15, 0.2) is 0 Å². The van der Waals surface area contributed by atoms with Gasteiger partial charge in [0.2, 0.25) is 0 Å². The van der Waals surface area contributed by atoms with Crippen LogP contribution in [0, 0.1) is 35.4 Å². The Bertz CT molecular complexity index is 791. The molecule has 0 aliphatic heterocycles. The topological polar surface area (TPSA) is 12.9 Å². The number of aromatic nitrogens is 1. The van der Waals surface area contributed by atoms with Crippen LogP contribution in [-0.4, -0.2) is 4.98 Å². The zero-order valence-corrected chi connectivity index (χ0v) is 14.6. The van der Waals surface area contributed by atoms with Crippen LogP contribution in [0.15, 0.2) is 42.5 Å². The Balaban J connectivity index is 0.00000100. The second-order valence-electron chi connectivity index (χ2n) is 4.49. The molecule has 0 radical (unpaired) electrons. The normalized spacial score (nSPS) is 10.1. The number of hydrogen-bond donors (Lipinski definition) is 0. The van der Waals surface area contributed by atoms with E-state index in [1.54, 1.807) is 20.0 Å². The number of benzene rings is 2. The van der Waals surface area contributed by atoms with Crippen molar-refractivity contribution in [3.05, 3.63) is 77.9 Å². The molecule has 0 saturated heterocycles. The molecule has 128 valence electrons. The van der Waals surface area contributed by atoms with E-state index in [-0.39, 0.29) is 22.5 Å². The summed E-state index contributed by atoms with van der Waals surface area (Å²) in [6.07, 6.45) is 0. The van der Waals surface area contributed by atoms with Crippen LogP contribution in [0.2, 0.25) is 0 Å². The van der Waals surface area contributed by atoms with Crippen molar-refractivity contribution < 1.29 is 37.5 Å². The van der Waals surface area contributed by atoms with Crippen molar-refractivity contribution in [2.45, 2.75) is 0 Å². The van der Waals surface area contributed by atoms with Gasteiger partial charge in [0.05, 0.1) is 0 Å². The fourth-order valence-corrected chi connectivity index (χ4v) is 2.00. The maximum atomic E-state index is 13.8. The number of pyridine rings is 1. The fourth-order valence-electron chi connectivity index (χ4n) is 2.00. The molecule has 0 unspecified atom stereocenters.